The zero-order valence-corrected chi connectivity index (χ0v) is 10.3. The zero-order chi connectivity index (χ0) is 11.5. The standard InChI is InChI=1S/C13H24O2/c1-4-5-6-7-8-9-13(14)15-11-10-12(2)3/h10-12H,4-9H2,1-3H3. The topological polar surface area (TPSA) is 26.3 Å². The molecule has 0 radical (unpaired) electrons. The van der Waals surface area contributed by atoms with Crippen molar-refractivity contribution >= 4 is 5.97 Å². The maximum absolute atomic E-state index is 11.2. The van der Waals surface area contributed by atoms with Gasteiger partial charge in [0.25, 0.3) is 0 Å². The molecule has 0 unspecified atom stereocenters. The normalized spacial score (nSPS) is 11.2. The van der Waals surface area contributed by atoms with Crippen molar-refractivity contribution in [2.45, 2.75) is 59.3 Å². The number of esters is 1. The Morgan fingerprint density at radius 3 is 2.47 bits per heavy atom. The lowest BCUT2D eigenvalue weighted by atomic mass is 10.1. The molecule has 0 N–H and O–H groups in total. The van der Waals surface area contributed by atoms with E-state index in [0.717, 1.165) is 12.8 Å². The van der Waals surface area contributed by atoms with E-state index in [1.165, 1.54) is 25.5 Å². The maximum Gasteiger partial charge on any atom is 0.310 e. The number of unbranched alkanes of at least 4 members (excludes halogenated alkanes) is 4. The second-order valence-electron chi connectivity index (χ2n) is 4.23. The average molecular weight is 212 g/mol. The molecular weight excluding hydrogens is 188 g/mol. The highest BCUT2D eigenvalue weighted by molar-refractivity contribution is 5.69. The van der Waals surface area contributed by atoms with Gasteiger partial charge in [0.2, 0.25) is 0 Å². The Hall–Kier alpha value is -0.790. The summed E-state index contributed by atoms with van der Waals surface area (Å²) in [6, 6.07) is 0. The number of hydrogen-bond acceptors (Lipinski definition) is 2. The molecule has 88 valence electrons. The minimum atomic E-state index is -0.108. The minimum Gasteiger partial charge on any atom is -0.435 e. The van der Waals surface area contributed by atoms with Crippen LogP contribution in [0.5, 0.6) is 0 Å². The third-order valence-electron chi connectivity index (χ3n) is 2.15. The van der Waals surface area contributed by atoms with Crippen LogP contribution in [0.25, 0.3) is 0 Å². The fourth-order valence-electron chi connectivity index (χ4n) is 1.20. The van der Waals surface area contributed by atoms with Gasteiger partial charge in [-0.25, -0.2) is 0 Å². The summed E-state index contributed by atoms with van der Waals surface area (Å²) in [5.41, 5.74) is 0. The van der Waals surface area contributed by atoms with E-state index in [1.807, 2.05) is 6.08 Å². The van der Waals surface area contributed by atoms with E-state index in [-0.39, 0.29) is 5.97 Å². The molecular formula is C13H24O2. The molecule has 0 bridgehead atoms. The summed E-state index contributed by atoms with van der Waals surface area (Å²) in [5.74, 6) is 0.325. The van der Waals surface area contributed by atoms with E-state index in [0.29, 0.717) is 12.3 Å². The molecule has 2 nitrogen and oxygen atoms in total. The molecule has 0 spiro atoms. The van der Waals surface area contributed by atoms with Crippen LogP contribution in [0.3, 0.4) is 0 Å². The van der Waals surface area contributed by atoms with Crippen molar-refractivity contribution in [1.82, 2.24) is 0 Å². The van der Waals surface area contributed by atoms with Gasteiger partial charge in [-0.2, -0.15) is 0 Å². The van der Waals surface area contributed by atoms with Gasteiger partial charge in [-0.1, -0.05) is 46.5 Å². The van der Waals surface area contributed by atoms with Crippen LogP contribution < -0.4 is 0 Å². The third-order valence-corrected chi connectivity index (χ3v) is 2.15. The minimum absolute atomic E-state index is 0.108. The molecule has 0 heterocycles. The van der Waals surface area contributed by atoms with Gasteiger partial charge >= 0.3 is 5.97 Å². The quantitative estimate of drug-likeness (QED) is 0.344. The summed E-state index contributed by atoms with van der Waals surface area (Å²) in [7, 11) is 0. The highest BCUT2D eigenvalue weighted by atomic mass is 16.5. The second kappa shape index (κ2) is 9.75. The van der Waals surface area contributed by atoms with E-state index in [4.69, 9.17) is 4.74 Å². The summed E-state index contributed by atoms with van der Waals surface area (Å²) < 4.78 is 4.94. The number of ether oxygens (including phenoxy) is 1. The first-order valence-corrected chi connectivity index (χ1v) is 6.03. The predicted octanol–water partition coefficient (Wildman–Crippen LogP) is 4.06. The molecule has 0 atom stereocenters. The first kappa shape index (κ1) is 14.2. The second-order valence-corrected chi connectivity index (χ2v) is 4.23. The Bertz CT molecular complexity index is 183. The van der Waals surface area contributed by atoms with E-state index >= 15 is 0 Å². The Morgan fingerprint density at radius 1 is 1.20 bits per heavy atom. The molecule has 0 aromatic rings. The van der Waals surface area contributed by atoms with Crippen LogP contribution in [0.2, 0.25) is 0 Å². The number of carbonyl (C=O) groups is 1. The highest BCUT2D eigenvalue weighted by Crippen LogP contribution is 2.06. The maximum atomic E-state index is 11.2. The van der Waals surface area contributed by atoms with Crippen molar-refractivity contribution in [2.24, 2.45) is 5.92 Å². The highest BCUT2D eigenvalue weighted by Gasteiger charge is 2.00. The fourth-order valence-corrected chi connectivity index (χ4v) is 1.20. The van der Waals surface area contributed by atoms with Crippen LogP contribution in [-0.4, -0.2) is 5.97 Å². The van der Waals surface area contributed by atoms with E-state index < -0.39 is 0 Å². The van der Waals surface area contributed by atoms with Gasteiger partial charge in [0.05, 0.1) is 6.26 Å². The Kier molecular flexibility index (Phi) is 9.24. The number of carbonyl (C=O) groups excluding carboxylic acids is 1. The molecule has 0 rings (SSSR count). The number of allylic oxidation sites excluding steroid dienone is 1. The van der Waals surface area contributed by atoms with Crippen LogP contribution >= 0.6 is 0 Å². The van der Waals surface area contributed by atoms with Crippen LogP contribution in [-0.2, 0) is 9.53 Å². The Morgan fingerprint density at radius 2 is 1.87 bits per heavy atom. The van der Waals surface area contributed by atoms with Crippen molar-refractivity contribution < 1.29 is 9.53 Å². The predicted molar refractivity (Wildman–Crippen MR) is 63.4 cm³/mol. The first-order valence-electron chi connectivity index (χ1n) is 6.03. The van der Waals surface area contributed by atoms with E-state index in [1.54, 1.807) is 0 Å². The van der Waals surface area contributed by atoms with Gasteiger partial charge in [0.15, 0.2) is 0 Å². The van der Waals surface area contributed by atoms with Crippen molar-refractivity contribution in [3.8, 4) is 0 Å². The lowest BCUT2D eigenvalue weighted by Gasteiger charge is -2.00. The molecule has 0 saturated carbocycles. The molecule has 15 heavy (non-hydrogen) atoms. The number of hydrogen-bond donors (Lipinski definition) is 0. The Labute approximate surface area is 93.7 Å². The number of rotatable bonds is 8. The molecule has 0 aromatic carbocycles. The largest absolute Gasteiger partial charge is 0.435 e. The average Bonchev–Trinajstić information content (AvgIpc) is 2.17. The monoisotopic (exact) mass is 212 g/mol. The molecule has 0 aromatic heterocycles. The summed E-state index contributed by atoms with van der Waals surface area (Å²) in [6.45, 7) is 6.29. The van der Waals surface area contributed by atoms with Gasteiger partial charge in [-0.15, -0.1) is 0 Å². The van der Waals surface area contributed by atoms with Gasteiger partial charge in [0.1, 0.15) is 0 Å². The molecule has 0 aliphatic rings. The lowest BCUT2D eigenvalue weighted by Crippen LogP contribution is -1.99. The first-order chi connectivity index (χ1) is 7.16. The molecule has 0 saturated heterocycles. The van der Waals surface area contributed by atoms with Crippen molar-refractivity contribution in [1.29, 1.82) is 0 Å². The van der Waals surface area contributed by atoms with Gasteiger partial charge < -0.3 is 4.74 Å². The fraction of sp³-hybridized carbons (Fsp3) is 0.769. The summed E-state index contributed by atoms with van der Waals surface area (Å²) >= 11 is 0. The molecule has 0 fully saturated rings. The van der Waals surface area contributed by atoms with Crippen LogP contribution in [0.1, 0.15) is 59.3 Å². The molecule has 0 amide bonds. The molecule has 2 heteroatoms. The molecule has 0 aliphatic carbocycles. The van der Waals surface area contributed by atoms with Crippen LogP contribution in [0, 0.1) is 5.92 Å². The van der Waals surface area contributed by atoms with Crippen molar-refractivity contribution in [3.63, 3.8) is 0 Å². The Balaban J connectivity index is 3.33. The lowest BCUT2D eigenvalue weighted by molar-refractivity contribution is -0.138. The van der Waals surface area contributed by atoms with Crippen LogP contribution in [0.15, 0.2) is 12.3 Å². The van der Waals surface area contributed by atoms with E-state index in [9.17, 15) is 4.79 Å². The van der Waals surface area contributed by atoms with Gasteiger partial charge in [-0.3, -0.25) is 4.79 Å². The summed E-state index contributed by atoms with van der Waals surface area (Å²) in [6.07, 6.45) is 9.76. The smallest absolute Gasteiger partial charge is 0.310 e. The van der Waals surface area contributed by atoms with Crippen LogP contribution in [0.4, 0.5) is 0 Å². The molecule has 0 aliphatic heterocycles. The third kappa shape index (κ3) is 11.1. The zero-order valence-electron chi connectivity index (χ0n) is 10.3. The van der Waals surface area contributed by atoms with E-state index in [2.05, 4.69) is 20.8 Å². The van der Waals surface area contributed by atoms with Gasteiger partial charge in [0, 0.05) is 6.42 Å². The SMILES string of the molecule is CCCCCCCC(=O)OC=CC(C)C. The summed E-state index contributed by atoms with van der Waals surface area (Å²) in [5, 5.41) is 0. The van der Waals surface area contributed by atoms with Crippen molar-refractivity contribution in [2.75, 3.05) is 0 Å². The van der Waals surface area contributed by atoms with Crippen molar-refractivity contribution in [3.05, 3.63) is 12.3 Å². The summed E-state index contributed by atoms with van der Waals surface area (Å²) in [4.78, 5) is 11.2. The van der Waals surface area contributed by atoms with Gasteiger partial charge in [-0.05, 0) is 18.4 Å².